The van der Waals surface area contributed by atoms with E-state index in [0.29, 0.717) is 5.88 Å². The van der Waals surface area contributed by atoms with Crippen LogP contribution in [-0.2, 0) is 11.3 Å². The molecule has 6 nitrogen and oxygen atoms in total. The van der Waals surface area contributed by atoms with E-state index in [1.54, 1.807) is 6.07 Å². The largest absolute Gasteiger partial charge is 0.338 e. The second-order valence-electron chi connectivity index (χ2n) is 6.30. The van der Waals surface area contributed by atoms with Crippen LogP contribution in [0.25, 0.3) is 0 Å². The summed E-state index contributed by atoms with van der Waals surface area (Å²) in [5.74, 6) is 0.356. The van der Waals surface area contributed by atoms with Crippen LogP contribution in [0.2, 0.25) is 0 Å². The molecule has 1 saturated heterocycles. The monoisotopic (exact) mass is 328 g/mol. The molecule has 0 spiro atoms. The van der Waals surface area contributed by atoms with Crippen LogP contribution in [0.3, 0.4) is 0 Å². The fraction of sp³-hybridized carbons (Fsp3) is 0.444. The third-order valence-electron chi connectivity index (χ3n) is 4.46. The number of benzene rings is 1. The molecule has 1 fully saturated rings. The number of aryl methyl sites for hydroxylation is 1. The second-order valence-corrected chi connectivity index (χ2v) is 6.30. The minimum absolute atomic E-state index is 0.0531. The van der Waals surface area contributed by atoms with Gasteiger partial charge in [-0.25, -0.2) is 0 Å². The van der Waals surface area contributed by atoms with E-state index >= 15 is 0 Å². The molecule has 1 atom stereocenters. The fourth-order valence-corrected chi connectivity index (χ4v) is 2.96. The molecule has 1 amide bonds. The average molecular weight is 328 g/mol. The van der Waals surface area contributed by atoms with Crippen LogP contribution in [0.4, 0.5) is 5.88 Å². The Bertz CT molecular complexity index is 663. The third-order valence-corrected chi connectivity index (χ3v) is 4.46. The molecule has 1 aromatic carbocycles. The molecule has 1 aliphatic rings. The van der Waals surface area contributed by atoms with Gasteiger partial charge in [0.25, 0.3) is 0 Å². The molecule has 0 radical (unpaired) electrons. The van der Waals surface area contributed by atoms with Gasteiger partial charge in [0.15, 0.2) is 0 Å². The van der Waals surface area contributed by atoms with Crippen molar-refractivity contribution < 1.29 is 9.32 Å². The predicted octanol–water partition coefficient (Wildman–Crippen LogP) is 2.13. The summed E-state index contributed by atoms with van der Waals surface area (Å²) in [6, 6.07) is 12.0. The SMILES string of the molecule is Cc1cc(NC(=O)C(C)N2CCN(Cc3ccccc3)CC2)on1. The number of amides is 1. The van der Waals surface area contributed by atoms with Crippen molar-refractivity contribution in [1.29, 1.82) is 0 Å². The lowest BCUT2D eigenvalue weighted by molar-refractivity contribution is -0.121. The van der Waals surface area contributed by atoms with Crippen LogP contribution in [0, 0.1) is 6.92 Å². The van der Waals surface area contributed by atoms with Crippen molar-refractivity contribution >= 4 is 11.8 Å². The van der Waals surface area contributed by atoms with Crippen molar-refractivity contribution in [3.8, 4) is 0 Å². The van der Waals surface area contributed by atoms with Crippen LogP contribution in [-0.4, -0.2) is 53.1 Å². The summed E-state index contributed by atoms with van der Waals surface area (Å²) >= 11 is 0. The number of nitrogens with one attached hydrogen (secondary N) is 1. The van der Waals surface area contributed by atoms with Crippen LogP contribution in [0.5, 0.6) is 0 Å². The lowest BCUT2D eigenvalue weighted by atomic mass is 10.1. The first-order chi connectivity index (χ1) is 11.6. The van der Waals surface area contributed by atoms with Gasteiger partial charge in [0, 0.05) is 38.8 Å². The minimum Gasteiger partial charge on any atom is -0.338 e. The number of hydrogen-bond donors (Lipinski definition) is 1. The number of hydrogen-bond acceptors (Lipinski definition) is 5. The summed E-state index contributed by atoms with van der Waals surface area (Å²) in [4.78, 5) is 17.0. The first-order valence-electron chi connectivity index (χ1n) is 8.36. The number of piperazine rings is 1. The highest BCUT2D eigenvalue weighted by molar-refractivity contribution is 5.93. The number of aromatic nitrogens is 1. The zero-order valence-corrected chi connectivity index (χ0v) is 14.2. The first-order valence-corrected chi connectivity index (χ1v) is 8.36. The highest BCUT2D eigenvalue weighted by Crippen LogP contribution is 2.13. The highest BCUT2D eigenvalue weighted by atomic mass is 16.5. The van der Waals surface area contributed by atoms with Crippen molar-refractivity contribution in [2.45, 2.75) is 26.4 Å². The Balaban J connectivity index is 1.47. The van der Waals surface area contributed by atoms with Crippen LogP contribution < -0.4 is 5.32 Å². The van der Waals surface area contributed by atoms with Gasteiger partial charge in [-0.15, -0.1) is 0 Å². The summed E-state index contributed by atoms with van der Waals surface area (Å²) < 4.78 is 5.05. The van der Waals surface area contributed by atoms with Gasteiger partial charge in [-0.1, -0.05) is 35.5 Å². The smallest absolute Gasteiger partial charge is 0.243 e. The molecule has 128 valence electrons. The van der Waals surface area contributed by atoms with Gasteiger partial charge in [0.2, 0.25) is 11.8 Å². The topological polar surface area (TPSA) is 61.6 Å². The predicted molar refractivity (Wildman–Crippen MR) is 92.6 cm³/mol. The summed E-state index contributed by atoms with van der Waals surface area (Å²) in [6.45, 7) is 8.43. The Morgan fingerprint density at radius 3 is 2.58 bits per heavy atom. The minimum atomic E-state index is -0.186. The van der Waals surface area contributed by atoms with Gasteiger partial charge in [0.1, 0.15) is 0 Å². The molecule has 1 unspecified atom stereocenters. The molecule has 0 saturated carbocycles. The zero-order valence-electron chi connectivity index (χ0n) is 14.2. The first kappa shape index (κ1) is 16.7. The van der Waals surface area contributed by atoms with Gasteiger partial charge < -0.3 is 4.52 Å². The van der Waals surface area contributed by atoms with E-state index in [1.165, 1.54) is 5.56 Å². The molecule has 1 aromatic heterocycles. The second kappa shape index (κ2) is 7.59. The van der Waals surface area contributed by atoms with Crippen molar-refractivity contribution in [3.05, 3.63) is 47.7 Å². The standard InChI is InChI=1S/C18H24N4O2/c1-14-12-17(24-20-14)19-18(23)15(2)22-10-8-21(9-11-22)13-16-6-4-3-5-7-16/h3-7,12,15H,8-11,13H2,1-2H3,(H,19,23). The Morgan fingerprint density at radius 1 is 1.25 bits per heavy atom. The summed E-state index contributed by atoms with van der Waals surface area (Å²) in [5, 5.41) is 6.57. The van der Waals surface area contributed by atoms with Gasteiger partial charge in [0.05, 0.1) is 11.7 Å². The highest BCUT2D eigenvalue weighted by Gasteiger charge is 2.26. The molecular formula is C18H24N4O2. The molecule has 6 heteroatoms. The Hall–Kier alpha value is -2.18. The van der Waals surface area contributed by atoms with E-state index in [0.717, 1.165) is 38.4 Å². The van der Waals surface area contributed by atoms with Crippen LogP contribution in [0.15, 0.2) is 40.9 Å². The molecule has 1 aliphatic heterocycles. The molecule has 24 heavy (non-hydrogen) atoms. The quantitative estimate of drug-likeness (QED) is 0.911. The summed E-state index contributed by atoms with van der Waals surface area (Å²) in [7, 11) is 0. The van der Waals surface area contributed by atoms with E-state index < -0.39 is 0 Å². The molecule has 3 rings (SSSR count). The normalized spacial score (nSPS) is 17.6. The van der Waals surface area contributed by atoms with Crippen molar-refractivity contribution in [1.82, 2.24) is 15.0 Å². The zero-order chi connectivity index (χ0) is 16.9. The molecule has 0 aliphatic carbocycles. The van der Waals surface area contributed by atoms with E-state index in [4.69, 9.17) is 4.52 Å². The molecule has 2 aromatic rings. The molecule has 2 heterocycles. The fourth-order valence-electron chi connectivity index (χ4n) is 2.96. The summed E-state index contributed by atoms with van der Waals surface area (Å²) in [6.07, 6.45) is 0. The van der Waals surface area contributed by atoms with Gasteiger partial charge in [-0.05, 0) is 19.4 Å². The van der Waals surface area contributed by atoms with E-state index in [2.05, 4.69) is 44.5 Å². The van der Waals surface area contributed by atoms with Gasteiger partial charge >= 0.3 is 0 Å². The molecule has 1 N–H and O–H groups in total. The van der Waals surface area contributed by atoms with Crippen molar-refractivity contribution in [3.63, 3.8) is 0 Å². The maximum absolute atomic E-state index is 12.3. The van der Waals surface area contributed by atoms with Gasteiger partial charge in [-0.2, -0.15) is 0 Å². The van der Waals surface area contributed by atoms with E-state index in [9.17, 15) is 4.79 Å². The average Bonchev–Trinajstić information content (AvgIpc) is 3.00. The Morgan fingerprint density at radius 2 is 1.96 bits per heavy atom. The Kier molecular flexibility index (Phi) is 5.27. The van der Waals surface area contributed by atoms with Crippen LogP contribution >= 0.6 is 0 Å². The third kappa shape index (κ3) is 4.21. The van der Waals surface area contributed by atoms with Crippen LogP contribution in [0.1, 0.15) is 18.2 Å². The van der Waals surface area contributed by atoms with Crippen molar-refractivity contribution in [2.24, 2.45) is 0 Å². The molecular weight excluding hydrogens is 304 g/mol. The van der Waals surface area contributed by atoms with Gasteiger partial charge in [-0.3, -0.25) is 19.9 Å². The van der Waals surface area contributed by atoms with E-state index in [-0.39, 0.29) is 11.9 Å². The number of carbonyl (C=O) groups excluding carboxylic acids is 1. The van der Waals surface area contributed by atoms with E-state index in [1.807, 2.05) is 19.9 Å². The lowest BCUT2D eigenvalue weighted by Crippen LogP contribution is -2.52. The van der Waals surface area contributed by atoms with Crippen molar-refractivity contribution in [2.75, 3.05) is 31.5 Å². The Labute approximate surface area is 142 Å². The maximum Gasteiger partial charge on any atom is 0.243 e. The maximum atomic E-state index is 12.3. The lowest BCUT2D eigenvalue weighted by Gasteiger charge is -2.37. The number of carbonyl (C=O) groups is 1. The number of nitrogens with zero attached hydrogens (tertiary/aromatic N) is 3. The molecule has 0 bridgehead atoms. The summed E-state index contributed by atoms with van der Waals surface area (Å²) in [5.41, 5.74) is 2.09. The number of rotatable bonds is 5. The number of anilines is 1.